The molecular weight excluding hydrogens is 398 g/mol. The second kappa shape index (κ2) is 8.83. The number of carbonyl (C=O) groups excluding carboxylic acids is 2. The van der Waals surface area contributed by atoms with Crippen LogP contribution in [0, 0.1) is 6.92 Å². The van der Waals surface area contributed by atoms with Gasteiger partial charge in [-0.25, -0.2) is 4.98 Å². The number of nitrogens with one attached hydrogen (secondary N) is 1. The second-order valence-electron chi connectivity index (χ2n) is 7.67. The Balaban J connectivity index is 1.41. The summed E-state index contributed by atoms with van der Waals surface area (Å²) in [5.74, 6) is 0.547. The van der Waals surface area contributed by atoms with Gasteiger partial charge in [-0.15, -0.1) is 11.3 Å². The number of rotatable bonds is 6. The van der Waals surface area contributed by atoms with Gasteiger partial charge in [0, 0.05) is 23.3 Å². The zero-order valence-corrected chi connectivity index (χ0v) is 17.8. The van der Waals surface area contributed by atoms with Crippen molar-refractivity contribution in [2.45, 2.75) is 51.9 Å². The van der Waals surface area contributed by atoms with Crippen molar-refractivity contribution in [1.82, 2.24) is 4.98 Å². The molecule has 0 bridgehead atoms. The first-order chi connectivity index (χ1) is 14.5. The number of amides is 2. The smallest absolute Gasteiger partial charge is 0.251 e. The van der Waals surface area contributed by atoms with Crippen molar-refractivity contribution >= 4 is 28.2 Å². The Morgan fingerprint density at radius 1 is 1.17 bits per heavy atom. The third kappa shape index (κ3) is 4.46. The van der Waals surface area contributed by atoms with Gasteiger partial charge in [-0.3, -0.25) is 9.59 Å². The molecule has 2 amide bonds. The van der Waals surface area contributed by atoms with Crippen molar-refractivity contribution in [2.75, 3.05) is 5.32 Å². The Hall–Kier alpha value is -2.93. The van der Waals surface area contributed by atoms with Crippen LogP contribution in [0.3, 0.4) is 0 Å². The van der Waals surface area contributed by atoms with E-state index in [1.165, 1.54) is 21.8 Å². The van der Waals surface area contributed by atoms with Gasteiger partial charge >= 0.3 is 0 Å². The summed E-state index contributed by atoms with van der Waals surface area (Å²) in [6, 6.07) is 8.00. The Morgan fingerprint density at radius 3 is 2.70 bits per heavy atom. The lowest BCUT2D eigenvalue weighted by Gasteiger charge is -2.05. The van der Waals surface area contributed by atoms with E-state index in [0.717, 1.165) is 43.2 Å². The first-order valence-electron chi connectivity index (χ1n) is 10.3. The number of aromatic nitrogens is 1. The monoisotopic (exact) mass is 423 g/mol. The molecule has 30 heavy (non-hydrogen) atoms. The first-order valence-corrected chi connectivity index (χ1v) is 11.1. The summed E-state index contributed by atoms with van der Waals surface area (Å²) in [5, 5.41) is 3.47. The maximum atomic E-state index is 12.5. The molecule has 1 aliphatic rings. The average Bonchev–Trinajstić information content (AvgIpc) is 3.25. The predicted octanol–water partition coefficient (Wildman–Crippen LogP) is 4.65. The van der Waals surface area contributed by atoms with Gasteiger partial charge in [0.05, 0.1) is 11.8 Å². The number of thiophene rings is 1. The number of carbonyl (C=O) groups is 2. The third-order valence-corrected chi connectivity index (χ3v) is 6.58. The summed E-state index contributed by atoms with van der Waals surface area (Å²) in [5.41, 5.74) is 9.28. The summed E-state index contributed by atoms with van der Waals surface area (Å²) < 4.78 is 5.79. The van der Waals surface area contributed by atoms with Gasteiger partial charge in [0.2, 0.25) is 5.91 Å². The number of oxazole rings is 1. The molecule has 0 aliphatic heterocycles. The van der Waals surface area contributed by atoms with Crippen molar-refractivity contribution in [2.24, 2.45) is 5.73 Å². The van der Waals surface area contributed by atoms with E-state index in [4.69, 9.17) is 10.2 Å². The van der Waals surface area contributed by atoms with Crippen molar-refractivity contribution in [3.8, 4) is 11.3 Å². The standard InChI is InChI=1S/C23H25N3O3S/c1-14-7-9-15(10-8-14)17-13-25-20(29-17)12-11-19(27)26-23-21(22(24)28)16-5-3-2-4-6-18(16)30-23/h7-10,13H,2-6,11-12H2,1H3,(H2,24,28)(H,26,27). The van der Waals surface area contributed by atoms with E-state index in [1.54, 1.807) is 6.20 Å². The second-order valence-corrected chi connectivity index (χ2v) is 8.77. The van der Waals surface area contributed by atoms with Crippen LogP contribution in [0.5, 0.6) is 0 Å². The van der Waals surface area contributed by atoms with Gasteiger partial charge in [-0.1, -0.05) is 36.2 Å². The third-order valence-electron chi connectivity index (χ3n) is 5.38. The van der Waals surface area contributed by atoms with Crippen LogP contribution in [-0.2, 0) is 24.1 Å². The number of anilines is 1. The first kappa shape index (κ1) is 20.3. The molecular formula is C23H25N3O3S. The van der Waals surface area contributed by atoms with Crippen LogP contribution < -0.4 is 11.1 Å². The molecule has 0 atom stereocenters. The number of nitrogens with two attached hydrogens (primary N) is 1. The maximum Gasteiger partial charge on any atom is 0.251 e. The average molecular weight is 424 g/mol. The number of nitrogens with zero attached hydrogens (tertiary/aromatic N) is 1. The van der Waals surface area contributed by atoms with Crippen molar-refractivity contribution in [3.63, 3.8) is 0 Å². The molecule has 0 saturated carbocycles. The van der Waals surface area contributed by atoms with Crippen molar-refractivity contribution < 1.29 is 14.0 Å². The fourth-order valence-corrected chi connectivity index (χ4v) is 5.09. The molecule has 2 aromatic heterocycles. The minimum Gasteiger partial charge on any atom is -0.441 e. The minimum absolute atomic E-state index is 0.177. The molecule has 0 saturated heterocycles. The molecule has 0 unspecified atom stereocenters. The molecule has 4 rings (SSSR count). The van der Waals surface area contributed by atoms with Crippen LogP contribution in [0.1, 0.15) is 57.9 Å². The Morgan fingerprint density at radius 2 is 1.93 bits per heavy atom. The molecule has 0 spiro atoms. The highest BCUT2D eigenvalue weighted by molar-refractivity contribution is 7.17. The fourth-order valence-electron chi connectivity index (χ4n) is 3.78. The largest absolute Gasteiger partial charge is 0.441 e. The Kier molecular flexibility index (Phi) is 5.99. The number of aryl methyl sites for hydroxylation is 3. The summed E-state index contributed by atoms with van der Waals surface area (Å²) >= 11 is 1.48. The van der Waals surface area contributed by atoms with E-state index in [2.05, 4.69) is 10.3 Å². The zero-order chi connectivity index (χ0) is 21.1. The van der Waals surface area contributed by atoms with Crippen LogP contribution in [-0.4, -0.2) is 16.8 Å². The number of fused-ring (bicyclic) bond motifs is 1. The van der Waals surface area contributed by atoms with Crippen LogP contribution in [0.25, 0.3) is 11.3 Å². The van der Waals surface area contributed by atoms with Crippen LogP contribution >= 0.6 is 11.3 Å². The van der Waals surface area contributed by atoms with Crippen LogP contribution in [0.4, 0.5) is 5.00 Å². The number of benzene rings is 1. The molecule has 6 nitrogen and oxygen atoms in total. The van der Waals surface area contributed by atoms with Crippen LogP contribution in [0.15, 0.2) is 34.9 Å². The van der Waals surface area contributed by atoms with Gasteiger partial charge in [0.15, 0.2) is 11.7 Å². The predicted molar refractivity (Wildman–Crippen MR) is 118 cm³/mol. The highest BCUT2D eigenvalue weighted by Gasteiger charge is 2.24. The molecule has 3 N–H and O–H groups in total. The molecule has 0 radical (unpaired) electrons. The maximum absolute atomic E-state index is 12.5. The number of primary amides is 1. The summed E-state index contributed by atoms with van der Waals surface area (Å²) in [6.45, 7) is 2.03. The van der Waals surface area contributed by atoms with Gasteiger partial charge in [0.1, 0.15) is 5.00 Å². The molecule has 1 aromatic carbocycles. The SMILES string of the molecule is Cc1ccc(-c2cnc(CCC(=O)Nc3sc4c(c3C(N)=O)CCCCC4)o2)cc1. The molecule has 1 aliphatic carbocycles. The van der Waals surface area contributed by atoms with E-state index >= 15 is 0 Å². The highest BCUT2D eigenvalue weighted by Crippen LogP contribution is 2.37. The summed E-state index contributed by atoms with van der Waals surface area (Å²) in [6.07, 6.45) is 7.37. The van der Waals surface area contributed by atoms with Gasteiger partial charge in [0.25, 0.3) is 5.91 Å². The summed E-state index contributed by atoms with van der Waals surface area (Å²) in [4.78, 5) is 30.0. The quantitative estimate of drug-likeness (QED) is 0.564. The molecule has 156 valence electrons. The van der Waals surface area contributed by atoms with Crippen molar-refractivity contribution in [1.29, 1.82) is 0 Å². The lowest BCUT2D eigenvalue weighted by molar-refractivity contribution is -0.116. The van der Waals surface area contributed by atoms with E-state index in [0.29, 0.717) is 28.6 Å². The fraction of sp³-hybridized carbons (Fsp3) is 0.348. The molecule has 7 heteroatoms. The van der Waals surface area contributed by atoms with E-state index in [-0.39, 0.29) is 12.3 Å². The summed E-state index contributed by atoms with van der Waals surface area (Å²) in [7, 11) is 0. The minimum atomic E-state index is -0.472. The molecule has 3 aromatic rings. The molecule has 0 fully saturated rings. The Labute approximate surface area is 179 Å². The lowest BCUT2D eigenvalue weighted by Crippen LogP contribution is -2.18. The van der Waals surface area contributed by atoms with Crippen LogP contribution in [0.2, 0.25) is 0 Å². The number of hydrogen-bond donors (Lipinski definition) is 2. The molecule has 2 heterocycles. The van der Waals surface area contributed by atoms with Gasteiger partial charge < -0.3 is 15.5 Å². The lowest BCUT2D eigenvalue weighted by atomic mass is 10.1. The van der Waals surface area contributed by atoms with E-state index < -0.39 is 5.91 Å². The van der Waals surface area contributed by atoms with Crippen molar-refractivity contribution in [3.05, 3.63) is 57.9 Å². The van der Waals surface area contributed by atoms with Gasteiger partial charge in [-0.2, -0.15) is 0 Å². The highest BCUT2D eigenvalue weighted by atomic mass is 32.1. The normalized spacial score (nSPS) is 13.5. The Bertz CT molecular complexity index is 1070. The van der Waals surface area contributed by atoms with E-state index in [9.17, 15) is 9.59 Å². The van der Waals surface area contributed by atoms with Gasteiger partial charge in [-0.05, 0) is 38.2 Å². The zero-order valence-electron chi connectivity index (χ0n) is 17.0. The topological polar surface area (TPSA) is 98.2 Å². The number of hydrogen-bond acceptors (Lipinski definition) is 5. The van der Waals surface area contributed by atoms with E-state index in [1.807, 2.05) is 31.2 Å².